The number of hydrogen-bond donors (Lipinski definition) is 1. The minimum absolute atomic E-state index is 0.689. The number of pyridine rings is 1. The topological polar surface area (TPSA) is 40.5 Å². The third-order valence-corrected chi connectivity index (χ3v) is 4.21. The van der Waals surface area contributed by atoms with Gasteiger partial charge in [-0.05, 0) is 43.6 Å². The maximum absolute atomic E-state index is 5.48. The highest BCUT2D eigenvalue weighted by Crippen LogP contribution is 2.10. The molecule has 1 aromatic carbocycles. The second-order valence-electron chi connectivity index (χ2n) is 5.51. The molecule has 0 unspecified atom stereocenters. The summed E-state index contributed by atoms with van der Waals surface area (Å²) in [5.41, 5.74) is 5.69. The second kappa shape index (κ2) is 7.83. The first kappa shape index (κ1) is 15.6. The molecule has 2 heterocycles. The molecule has 1 fully saturated rings. The van der Waals surface area contributed by atoms with Crippen molar-refractivity contribution >= 4 is 23.0 Å². The SMILES string of the molecule is S=C(N/N=C(\c1ccccc1)c1ccccn1)N1CCCCC1. The molecule has 5 heteroatoms. The predicted molar refractivity (Wildman–Crippen MR) is 97.5 cm³/mol. The Morgan fingerprint density at radius 3 is 2.43 bits per heavy atom. The van der Waals surface area contributed by atoms with Gasteiger partial charge in [-0.15, -0.1) is 0 Å². The summed E-state index contributed by atoms with van der Waals surface area (Å²) in [6, 6.07) is 15.9. The molecule has 1 aromatic heterocycles. The molecule has 1 N–H and O–H groups in total. The van der Waals surface area contributed by atoms with Gasteiger partial charge in [-0.2, -0.15) is 5.10 Å². The molecule has 0 radical (unpaired) electrons. The Bertz CT molecular complexity index is 622. The van der Waals surface area contributed by atoms with Crippen molar-refractivity contribution < 1.29 is 0 Å². The van der Waals surface area contributed by atoms with Gasteiger partial charge in [-0.25, -0.2) is 0 Å². The van der Waals surface area contributed by atoms with Crippen molar-refractivity contribution in [3.8, 4) is 0 Å². The zero-order valence-electron chi connectivity index (χ0n) is 13.0. The van der Waals surface area contributed by atoms with E-state index in [-0.39, 0.29) is 0 Å². The van der Waals surface area contributed by atoms with Gasteiger partial charge in [0.1, 0.15) is 5.71 Å². The molecule has 0 saturated carbocycles. The molecular weight excluding hydrogens is 304 g/mol. The fraction of sp³-hybridized carbons (Fsp3) is 0.278. The van der Waals surface area contributed by atoms with E-state index in [0.717, 1.165) is 30.1 Å². The normalized spacial score (nSPS) is 15.3. The Morgan fingerprint density at radius 1 is 1.00 bits per heavy atom. The minimum atomic E-state index is 0.689. The number of benzene rings is 1. The van der Waals surface area contributed by atoms with Crippen LogP contribution in [0.25, 0.3) is 0 Å². The molecule has 23 heavy (non-hydrogen) atoms. The molecule has 0 atom stereocenters. The molecule has 3 rings (SSSR count). The number of hydrogen-bond acceptors (Lipinski definition) is 3. The number of aromatic nitrogens is 1. The molecule has 2 aromatic rings. The van der Waals surface area contributed by atoms with Gasteiger partial charge in [0.25, 0.3) is 0 Å². The Kier molecular flexibility index (Phi) is 5.32. The molecule has 0 aliphatic carbocycles. The van der Waals surface area contributed by atoms with Gasteiger partial charge < -0.3 is 4.90 Å². The highest BCUT2D eigenvalue weighted by Gasteiger charge is 2.14. The van der Waals surface area contributed by atoms with Gasteiger partial charge in [0.15, 0.2) is 5.11 Å². The maximum atomic E-state index is 5.48. The summed E-state index contributed by atoms with van der Waals surface area (Å²) in [6.07, 6.45) is 5.44. The van der Waals surface area contributed by atoms with E-state index in [1.807, 2.05) is 48.5 Å². The number of nitrogens with one attached hydrogen (secondary N) is 1. The van der Waals surface area contributed by atoms with Crippen LogP contribution in [0.4, 0.5) is 0 Å². The molecular formula is C18H20N4S. The molecule has 0 amide bonds. The van der Waals surface area contributed by atoms with Crippen molar-refractivity contribution in [2.24, 2.45) is 5.10 Å². The van der Waals surface area contributed by atoms with E-state index in [2.05, 4.69) is 20.4 Å². The van der Waals surface area contributed by atoms with Gasteiger partial charge in [-0.3, -0.25) is 10.4 Å². The lowest BCUT2D eigenvalue weighted by molar-refractivity contribution is 0.338. The minimum Gasteiger partial charge on any atom is -0.348 e. The maximum Gasteiger partial charge on any atom is 0.189 e. The zero-order valence-corrected chi connectivity index (χ0v) is 13.8. The van der Waals surface area contributed by atoms with E-state index in [1.54, 1.807) is 6.20 Å². The van der Waals surface area contributed by atoms with Crippen molar-refractivity contribution in [2.75, 3.05) is 13.1 Å². The van der Waals surface area contributed by atoms with Crippen LogP contribution in [-0.4, -0.2) is 33.8 Å². The monoisotopic (exact) mass is 324 g/mol. The number of piperidine rings is 1. The van der Waals surface area contributed by atoms with Gasteiger partial charge in [0.2, 0.25) is 0 Å². The molecule has 118 valence electrons. The summed E-state index contributed by atoms with van der Waals surface area (Å²) < 4.78 is 0. The number of rotatable bonds is 3. The quantitative estimate of drug-likeness (QED) is 0.535. The highest BCUT2D eigenvalue weighted by molar-refractivity contribution is 7.80. The lowest BCUT2D eigenvalue weighted by Gasteiger charge is -2.28. The van der Waals surface area contributed by atoms with Crippen molar-refractivity contribution in [2.45, 2.75) is 19.3 Å². The summed E-state index contributed by atoms with van der Waals surface area (Å²) in [6.45, 7) is 2.01. The van der Waals surface area contributed by atoms with E-state index in [1.165, 1.54) is 19.3 Å². The summed E-state index contributed by atoms with van der Waals surface area (Å²) in [4.78, 5) is 6.60. The summed E-state index contributed by atoms with van der Waals surface area (Å²) in [7, 11) is 0. The first-order valence-electron chi connectivity index (χ1n) is 7.94. The first-order valence-corrected chi connectivity index (χ1v) is 8.35. The Hall–Kier alpha value is -2.27. The third-order valence-electron chi connectivity index (χ3n) is 3.86. The fourth-order valence-electron chi connectivity index (χ4n) is 2.64. The Labute approximate surface area is 142 Å². The predicted octanol–water partition coefficient (Wildman–Crippen LogP) is 3.19. The van der Waals surface area contributed by atoms with E-state index >= 15 is 0 Å². The van der Waals surface area contributed by atoms with Crippen LogP contribution >= 0.6 is 12.2 Å². The standard InChI is InChI=1S/C18H20N4S/c23-18(22-13-7-2-8-14-22)21-20-17(15-9-3-1-4-10-15)16-11-5-6-12-19-16/h1,3-6,9-12H,2,7-8,13-14H2,(H,21,23)/b20-17+. The van der Waals surface area contributed by atoms with Crippen LogP contribution in [0.1, 0.15) is 30.5 Å². The van der Waals surface area contributed by atoms with Crippen LogP contribution in [-0.2, 0) is 0 Å². The molecule has 4 nitrogen and oxygen atoms in total. The van der Waals surface area contributed by atoms with Crippen LogP contribution in [0.3, 0.4) is 0 Å². The van der Waals surface area contributed by atoms with Crippen LogP contribution in [0.5, 0.6) is 0 Å². The number of likely N-dealkylation sites (tertiary alicyclic amines) is 1. The number of thiocarbonyl (C=S) groups is 1. The average Bonchev–Trinajstić information content (AvgIpc) is 2.64. The Balaban J connectivity index is 1.82. The van der Waals surface area contributed by atoms with E-state index in [9.17, 15) is 0 Å². The molecule has 1 aliphatic rings. The van der Waals surface area contributed by atoms with Crippen LogP contribution in [0, 0.1) is 0 Å². The lowest BCUT2D eigenvalue weighted by Crippen LogP contribution is -2.41. The zero-order chi connectivity index (χ0) is 15.9. The van der Waals surface area contributed by atoms with Gasteiger partial charge in [0, 0.05) is 24.8 Å². The largest absolute Gasteiger partial charge is 0.348 e. The van der Waals surface area contributed by atoms with Gasteiger partial charge in [-0.1, -0.05) is 36.4 Å². The van der Waals surface area contributed by atoms with E-state index in [4.69, 9.17) is 12.2 Å². The van der Waals surface area contributed by atoms with Crippen LogP contribution in [0.15, 0.2) is 59.8 Å². The van der Waals surface area contributed by atoms with Crippen LogP contribution in [0.2, 0.25) is 0 Å². The van der Waals surface area contributed by atoms with Crippen molar-refractivity contribution in [3.05, 3.63) is 66.0 Å². The molecule has 1 saturated heterocycles. The van der Waals surface area contributed by atoms with Gasteiger partial charge >= 0.3 is 0 Å². The van der Waals surface area contributed by atoms with Gasteiger partial charge in [0.05, 0.1) is 5.69 Å². The molecule has 1 aliphatic heterocycles. The van der Waals surface area contributed by atoms with E-state index < -0.39 is 0 Å². The lowest BCUT2D eigenvalue weighted by atomic mass is 10.1. The Morgan fingerprint density at radius 2 is 1.74 bits per heavy atom. The first-order chi connectivity index (χ1) is 11.3. The third kappa shape index (κ3) is 4.13. The average molecular weight is 324 g/mol. The van der Waals surface area contributed by atoms with E-state index in [0.29, 0.717) is 5.11 Å². The summed E-state index contributed by atoms with van der Waals surface area (Å²) in [5, 5.41) is 5.25. The second-order valence-corrected chi connectivity index (χ2v) is 5.89. The smallest absolute Gasteiger partial charge is 0.189 e. The highest BCUT2D eigenvalue weighted by atomic mass is 32.1. The fourth-order valence-corrected chi connectivity index (χ4v) is 2.87. The van der Waals surface area contributed by atoms with Crippen molar-refractivity contribution in [3.63, 3.8) is 0 Å². The molecule has 0 spiro atoms. The number of hydrazone groups is 1. The van der Waals surface area contributed by atoms with Crippen LogP contribution < -0.4 is 5.43 Å². The molecule has 0 bridgehead atoms. The van der Waals surface area contributed by atoms with Crippen molar-refractivity contribution in [1.29, 1.82) is 0 Å². The summed E-state index contributed by atoms with van der Waals surface area (Å²) >= 11 is 5.48. The number of nitrogens with zero attached hydrogens (tertiary/aromatic N) is 3. The van der Waals surface area contributed by atoms with Crippen molar-refractivity contribution in [1.82, 2.24) is 15.3 Å². The summed E-state index contributed by atoms with van der Waals surface area (Å²) in [5.74, 6) is 0.